The molecule has 13 unspecified atom stereocenters. The van der Waals surface area contributed by atoms with Gasteiger partial charge >= 0.3 is 5.97 Å². The predicted molar refractivity (Wildman–Crippen MR) is 146 cm³/mol. The van der Waals surface area contributed by atoms with Crippen LogP contribution in [0, 0.1) is 5.92 Å². The second-order valence-electron chi connectivity index (χ2n) is 9.35. The predicted octanol–water partition coefficient (Wildman–Crippen LogP) is 2.29. The average Bonchev–Trinajstić information content (AvgIpc) is 2.88. The van der Waals surface area contributed by atoms with Crippen LogP contribution >= 0.6 is 28.4 Å². The van der Waals surface area contributed by atoms with Crippen molar-refractivity contribution in [3.8, 4) is 0 Å². The van der Waals surface area contributed by atoms with Crippen molar-refractivity contribution in [2.45, 2.75) is 89.5 Å². The molecule has 14 heteroatoms. The Hall–Kier alpha value is -0.830. The van der Waals surface area contributed by atoms with Gasteiger partial charge in [0.05, 0.1) is 31.5 Å². The number of nitrogens with one attached hydrogen (secondary N) is 1. The molecule has 2 aliphatic heterocycles. The number of rotatable bonds is 11. The molecule has 0 saturated carbocycles. The fourth-order valence-corrected chi connectivity index (χ4v) is 5.73. The van der Waals surface area contributed by atoms with Crippen LogP contribution in [0.5, 0.6) is 0 Å². The summed E-state index contributed by atoms with van der Waals surface area (Å²) in [6.07, 6.45) is -5.26. The van der Waals surface area contributed by atoms with Crippen LogP contribution in [-0.4, -0.2) is 73.7 Å². The highest BCUT2D eigenvalue weighted by atomic mass is 31.0. The zero-order valence-corrected chi connectivity index (χ0v) is 25.4. The fraction of sp³-hybridized carbons (Fsp3) is 0.667. The summed E-state index contributed by atoms with van der Waals surface area (Å²) in [5, 5.41) is 2.84. The van der Waals surface area contributed by atoms with Crippen molar-refractivity contribution < 1.29 is 46.8 Å². The SMILES string of the molecule is CC(=O)NC1C(OC(C)=O)OC(COCc2ccccc2)C(OC2OC(C)C(OP)C(OP)C2OP)C1C. The number of amides is 1. The Kier molecular flexibility index (Phi) is 12.7. The summed E-state index contributed by atoms with van der Waals surface area (Å²) in [4.78, 5) is 23.9. The van der Waals surface area contributed by atoms with Crippen LogP contribution in [0.25, 0.3) is 0 Å². The molecule has 0 aliphatic carbocycles. The molecule has 0 radical (unpaired) electrons. The molecule has 11 nitrogen and oxygen atoms in total. The first kappa shape index (κ1) is 31.7. The third-order valence-electron chi connectivity index (χ3n) is 6.59. The van der Waals surface area contributed by atoms with Gasteiger partial charge in [0.15, 0.2) is 6.29 Å². The Balaban J connectivity index is 1.85. The standard InChI is InChI=1S/C24H38NO10P3/c1-12-18(25-14(3)26)23(30-15(4)27)31-17(11-28-10-16-8-6-5-7-9-16)19(12)32-24-22(35-38)21(34-37)20(33-36)13(2)29-24/h5-9,12-13,17-24H,10-11,36-38H2,1-4H3,(H,25,26). The quantitative estimate of drug-likeness (QED) is 0.302. The topological polar surface area (TPSA) is 120 Å². The van der Waals surface area contributed by atoms with Crippen molar-refractivity contribution in [2.24, 2.45) is 5.92 Å². The Bertz CT molecular complexity index is 899. The summed E-state index contributed by atoms with van der Waals surface area (Å²) in [5.41, 5.74) is 0.992. The Labute approximate surface area is 230 Å². The van der Waals surface area contributed by atoms with Crippen molar-refractivity contribution in [1.82, 2.24) is 5.32 Å². The zero-order chi connectivity index (χ0) is 27.8. The second-order valence-corrected chi connectivity index (χ2v) is 10.2. The molecule has 0 bridgehead atoms. The third-order valence-corrected chi connectivity index (χ3v) is 7.53. The first-order valence-electron chi connectivity index (χ1n) is 12.3. The van der Waals surface area contributed by atoms with E-state index in [-0.39, 0.29) is 18.4 Å². The van der Waals surface area contributed by atoms with E-state index in [0.29, 0.717) is 6.61 Å². The zero-order valence-electron chi connectivity index (χ0n) is 21.9. The third kappa shape index (κ3) is 8.11. The summed E-state index contributed by atoms with van der Waals surface area (Å²) >= 11 is 0. The van der Waals surface area contributed by atoms with Gasteiger partial charge in [0.1, 0.15) is 24.4 Å². The highest BCUT2D eigenvalue weighted by Crippen LogP contribution is 2.36. The molecule has 38 heavy (non-hydrogen) atoms. The van der Waals surface area contributed by atoms with Crippen molar-refractivity contribution in [3.63, 3.8) is 0 Å². The van der Waals surface area contributed by atoms with Crippen molar-refractivity contribution >= 4 is 40.3 Å². The lowest BCUT2D eigenvalue weighted by Gasteiger charge is -2.49. The van der Waals surface area contributed by atoms with Crippen LogP contribution in [-0.2, 0) is 53.5 Å². The molecule has 1 N–H and O–H groups in total. The van der Waals surface area contributed by atoms with Gasteiger partial charge in [0.2, 0.25) is 12.2 Å². The number of ether oxygens (including phenoxy) is 5. The molecule has 3 rings (SSSR count). The lowest BCUT2D eigenvalue weighted by Crippen LogP contribution is -2.64. The molecule has 0 aromatic heterocycles. The summed E-state index contributed by atoms with van der Waals surface area (Å²) < 4.78 is 47.0. The monoisotopic (exact) mass is 593 g/mol. The summed E-state index contributed by atoms with van der Waals surface area (Å²) in [6.45, 7) is 6.88. The summed E-state index contributed by atoms with van der Waals surface area (Å²) in [6, 6.07) is 9.02. The van der Waals surface area contributed by atoms with Gasteiger partial charge in [-0.2, -0.15) is 0 Å². The molecule has 214 valence electrons. The van der Waals surface area contributed by atoms with E-state index in [2.05, 4.69) is 33.7 Å². The number of esters is 1. The fourth-order valence-electron chi connectivity index (χ4n) is 4.76. The number of carbonyl (C=O) groups excluding carboxylic acids is 2. The minimum absolute atomic E-state index is 0.129. The molecule has 13 atom stereocenters. The van der Waals surface area contributed by atoms with E-state index < -0.39 is 61.2 Å². The van der Waals surface area contributed by atoms with Gasteiger partial charge < -0.3 is 42.6 Å². The van der Waals surface area contributed by atoms with Crippen LogP contribution < -0.4 is 5.32 Å². The van der Waals surface area contributed by atoms with E-state index >= 15 is 0 Å². The molecule has 1 aromatic carbocycles. The van der Waals surface area contributed by atoms with Gasteiger partial charge in [-0.1, -0.05) is 37.3 Å². The first-order valence-corrected chi connectivity index (χ1v) is 13.7. The van der Waals surface area contributed by atoms with Gasteiger partial charge in [-0.25, -0.2) is 0 Å². The van der Waals surface area contributed by atoms with Gasteiger partial charge in [-0.15, -0.1) is 0 Å². The Morgan fingerprint density at radius 1 is 0.895 bits per heavy atom. The molecule has 2 aliphatic rings. The van der Waals surface area contributed by atoms with E-state index in [0.717, 1.165) is 5.56 Å². The molecule has 2 saturated heterocycles. The maximum absolute atomic E-state index is 12.0. The molecular weight excluding hydrogens is 555 g/mol. The first-order chi connectivity index (χ1) is 18.2. The number of hydrogen-bond acceptors (Lipinski definition) is 10. The van der Waals surface area contributed by atoms with Crippen molar-refractivity contribution in [2.75, 3.05) is 6.61 Å². The normalized spacial score (nSPS) is 35.4. The van der Waals surface area contributed by atoms with Crippen LogP contribution in [0.1, 0.15) is 33.3 Å². The van der Waals surface area contributed by atoms with E-state index in [1.165, 1.54) is 13.8 Å². The van der Waals surface area contributed by atoms with E-state index in [4.69, 9.17) is 37.3 Å². The van der Waals surface area contributed by atoms with Gasteiger partial charge in [-0.3, -0.25) is 9.59 Å². The van der Waals surface area contributed by atoms with Gasteiger partial charge in [0.25, 0.3) is 0 Å². The molecule has 1 amide bonds. The van der Waals surface area contributed by atoms with Crippen LogP contribution in [0.2, 0.25) is 0 Å². The number of benzene rings is 1. The van der Waals surface area contributed by atoms with E-state index in [1.54, 1.807) is 0 Å². The highest BCUT2D eigenvalue weighted by Gasteiger charge is 2.51. The molecule has 2 heterocycles. The average molecular weight is 593 g/mol. The highest BCUT2D eigenvalue weighted by molar-refractivity contribution is 7.10. The Morgan fingerprint density at radius 2 is 1.55 bits per heavy atom. The van der Waals surface area contributed by atoms with E-state index in [1.807, 2.05) is 44.2 Å². The van der Waals surface area contributed by atoms with Crippen molar-refractivity contribution in [3.05, 3.63) is 35.9 Å². The van der Waals surface area contributed by atoms with E-state index in [9.17, 15) is 9.59 Å². The molecular formula is C24H38NO10P3. The van der Waals surface area contributed by atoms with Crippen LogP contribution in [0.15, 0.2) is 30.3 Å². The smallest absolute Gasteiger partial charge is 0.305 e. The molecule has 1 aromatic rings. The largest absolute Gasteiger partial charge is 0.434 e. The molecule has 0 spiro atoms. The number of hydrogen-bond donors (Lipinski definition) is 1. The summed E-state index contributed by atoms with van der Waals surface area (Å²) in [5.74, 6) is -1.21. The Morgan fingerprint density at radius 3 is 2.13 bits per heavy atom. The number of carbonyl (C=O) groups is 2. The maximum atomic E-state index is 12.0. The van der Waals surface area contributed by atoms with Crippen LogP contribution in [0.4, 0.5) is 0 Å². The maximum Gasteiger partial charge on any atom is 0.305 e. The van der Waals surface area contributed by atoms with Gasteiger partial charge in [0, 0.05) is 48.2 Å². The van der Waals surface area contributed by atoms with Crippen LogP contribution in [0.3, 0.4) is 0 Å². The molecule has 2 fully saturated rings. The lowest BCUT2D eigenvalue weighted by molar-refractivity contribution is -0.327. The minimum atomic E-state index is -1.03. The summed E-state index contributed by atoms with van der Waals surface area (Å²) in [7, 11) is 6.68. The van der Waals surface area contributed by atoms with Crippen molar-refractivity contribution in [1.29, 1.82) is 0 Å². The van der Waals surface area contributed by atoms with Gasteiger partial charge in [-0.05, 0) is 12.5 Å². The minimum Gasteiger partial charge on any atom is -0.434 e. The lowest BCUT2D eigenvalue weighted by atomic mass is 9.88. The second kappa shape index (κ2) is 15.2.